The fourth-order valence-electron chi connectivity index (χ4n) is 3.48. The Hall–Kier alpha value is -1.45. The molecule has 0 aliphatic carbocycles. The average Bonchev–Trinajstić information content (AvgIpc) is 3.36. The van der Waals surface area contributed by atoms with Gasteiger partial charge in [0.1, 0.15) is 5.82 Å². The van der Waals surface area contributed by atoms with E-state index < -0.39 is 0 Å². The van der Waals surface area contributed by atoms with Crippen LogP contribution in [0.3, 0.4) is 0 Å². The van der Waals surface area contributed by atoms with Crippen molar-refractivity contribution in [2.75, 3.05) is 19.7 Å². The summed E-state index contributed by atoms with van der Waals surface area (Å²) < 4.78 is 13.3. The molecule has 9 heteroatoms. The summed E-state index contributed by atoms with van der Waals surface area (Å²) in [6.07, 6.45) is 4.73. The SMILES string of the molecule is Cc1noc(CSc2nnc(C3CCNCC3)n2C[C@@H]2CCCO2)n1. The molecule has 0 amide bonds. The molecule has 0 saturated carbocycles. The average molecular weight is 364 g/mol. The minimum Gasteiger partial charge on any atom is -0.376 e. The van der Waals surface area contributed by atoms with E-state index in [-0.39, 0.29) is 6.10 Å². The van der Waals surface area contributed by atoms with E-state index in [1.165, 1.54) is 0 Å². The van der Waals surface area contributed by atoms with Gasteiger partial charge in [-0.25, -0.2) is 0 Å². The van der Waals surface area contributed by atoms with Crippen molar-refractivity contribution in [3.05, 3.63) is 17.5 Å². The van der Waals surface area contributed by atoms with Crippen LogP contribution in [0.2, 0.25) is 0 Å². The maximum atomic E-state index is 5.85. The van der Waals surface area contributed by atoms with Crippen LogP contribution in [0.5, 0.6) is 0 Å². The van der Waals surface area contributed by atoms with Gasteiger partial charge < -0.3 is 19.1 Å². The summed E-state index contributed by atoms with van der Waals surface area (Å²) in [7, 11) is 0. The predicted octanol–water partition coefficient (Wildman–Crippen LogP) is 1.91. The number of ether oxygens (including phenoxy) is 1. The van der Waals surface area contributed by atoms with Gasteiger partial charge in [0.2, 0.25) is 5.89 Å². The quantitative estimate of drug-likeness (QED) is 0.777. The Morgan fingerprint density at radius 3 is 2.84 bits per heavy atom. The van der Waals surface area contributed by atoms with Crippen molar-refractivity contribution < 1.29 is 9.26 Å². The standard InChI is InChI=1S/C16H24N6O2S/c1-11-18-14(24-21-11)10-25-16-20-19-15(12-4-6-17-7-5-12)22(16)9-13-3-2-8-23-13/h12-13,17H,2-10H2,1H3/t13-/m0/s1. The first-order chi connectivity index (χ1) is 12.3. The molecular formula is C16H24N6O2S. The monoisotopic (exact) mass is 364 g/mol. The van der Waals surface area contributed by atoms with Gasteiger partial charge in [-0.2, -0.15) is 4.98 Å². The molecule has 25 heavy (non-hydrogen) atoms. The molecule has 2 aliphatic rings. The number of aromatic nitrogens is 5. The lowest BCUT2D eigenvalue weighted by Crippen LogP contribution is -2.29. The van der Waals surface area contributed by atoms with E-state index in [2.05, 4.69) is 30.2 Å². The lowest BCUT2D eigenvalue weighted by molar-refractivity contribution is 0.0936. The second-order valence-electron chi connectivity index (χ2n) is 6.63. The summed E-state index contributed by atoms with van der Waals surface area (Å²) in [5.74, 6) is 3.46. The van der Waals surface area contributed by atoms with E-state index in [4.69, 9.17) is 9.26 Å². The zero-order chi connectivity index (χ0) is 17.1. The van der Waals surface area contributed by atoms with Gasteiger partial charge in [0, 0.05) is 12.5 Å². The number of nitrogens with one attached hydrogen (secondary N) is 1. The predicted molar refractivity (Wildman–Crippen MR) is 92.4 cm³/mol. The summed E-state index contributed by atoms with van der Waals surface area (Å²) in [4.78, 5) is 4.27. The minimum absolute atomic E-state index is 0.265. The topological polar surface area (TPSA) is 90.9 Å². The zero-order valence-electron chi connectivity index (χ0n) is 14.5. The molecule has 2 aliphatic heterocycles. The van der Waals surface area contributed by atoms with Crippen LogP contribution in [0.4, 0.5) is 0 Å². The molecular weight excluding hydrogens is 340 g/mol. The molecule has 1 atom stereocenters. The molecule has 0 spiro atoms. The summed E-state index contributed by atoms with van der Waals surface area (Å²) in [6, 6.07) is 0. The second kappa shape index (κ2) is 7.84. The van der Waals surface area contributed by atoms with Gasteiger partial charge in [-0.3, -0.25) is 0 Å². The van der Waals surface area contributed by atoms with Crippen molar-refractivity contribution in [3.63, 3.8) is 0 Å². The normalized spacial score (nSPS) is 21.9. The van der Waals surface area contributed by atoms with Crippen molar-refractivity contribution in [1.29, 1.82) is 0 Å². The molecule has 2 saturated heterocycles. The summed E-state index contributed by atoms with van der Waals surface area (Å²) in [5, 5.41) is 17.2. The largest absolute Gasteiger partial charge is 0.376 e. The highest BCUT2D eigenvalue weighted by molar-refractivity contribution is 7.98. The molecule has 8 nitrogen and oxygen atoms in total. The van der Waals surface area contributed by atoms with Crippen molar-refractivity contribution in [2.45, 2.75) is 62.1 Å². The van der Waals surface area contributed by atoms with Gasteiger partial charge in [-0.1, -0.05) is 16.9 Å². The molecule has 2 fully saturated rings. The van der Waals surface area contributed by atoms with Crippen molar-refractivity contribution >= 4 is 11.8 Å². The van der Waals surface area contributed by atoms with E-state index in [0.29, 0.717) is 23.4 Å². The van der Waals surface area contributed by atoms with Crippen LogP contribution in [0.25, 0.3) is 0 Å². The van der Waals surface area contributed by atoms with Gasteiger partial charge >= 0.3 is 0 Å². The third kappa shape index (κ3) is 4.04. The van der Waals surface area contributed by atoms with E-state index >= 15 is 0 Å². The third-order valence-corrected chi connectivity index (χ3v) is 5.71. The van der Waals surface area contributed by atoms with Crippen molar-refractivity contribution in [1.82, 2.24) is 30.2 Å². The number of nitrogens with zero attached hydrogens (tertiary/aromatic N) is 5. The van der Waals surface area contributed by atoms with E-state index in [0.717, 1.165) is 62.9 Å². The summed E-state index contributed by atoms with van der Waals surface area (Å²) in [5.41, 5.74) is 0. The number of rotatable bonds is 6. The number of thioether (sulfide) groups is 1. The Labute approximate surface area is 151 Å². The molecule has 0 aromatic carbocycles. The van der Waals surface area contributed by atoms with E-state index in [1.807, 2.05) is 6.92 Å². The Balaban J connectivity index is 1.52. The third-order valence-electron chi connectivity index (χ3n) is 4.75. The molecule has 4 heterocycles. The molecule has 2 aromatic heterocycles. The van der Waals surface area contributed by atoms with Crippen LogP contribution >= 0.6 is 11.8 Å². The maximum Gasteiger partial charge on any atom is 0.237 e. The molecule has 1 N–H and O–H groups in total. The van der Waals surface area contributed by atoms with Crippen molar-refractivity contribution in [2.24, 2.45) is 0 Å². The molecule has 2 aromatic rings. The van der Waals surface area contributed by atoms with Crippen molar-refractivity contribution in [3.8, 4) is 0 Å². The molecule has 0 bridgehead atoms. The lowest BCUT2D eigenvalue weighted by atomic mass is 9.97. The van der Waals surface area contributed by atoms with Crippen LogP contribution < -0.4 is 5.32 Å². The van der Waals surface area contributed by atoms with Gasteiger partial charge in [-0.15, -0.1) is 10.2 Å². The highest BCUT2D eigenvalue weighted by Gasteiger charge is 2.26. The summed E-state index contributed by atoms with van der Waals surface area (Å²) >= 11 is 1.60. The fourth-order valence-corrected chi connectivity index (χ4v) is 4.27. The second-order valence-corrected chi connectivity index (χ2v) is 7.58. The highest BCUT2D eigenvalue weighted by atomic mass is 32.2. The lowest BCUT2D eigenvalue weighted by Gasteiger charge is -2.23. The summed E-state index contributed by atoms with van der Waals surface area (Å²) in [6.45, 7) is 5.60. The first kappa shape index (κ1) is 17.0. The van der Waals surface area contributed by atoms with Crippen LogP contribution in [-0.2, 0) is 17.0 Å². The van der Waals surface area contributed by atoms with Gasteiger partial charge in [-0.05, 0) is 45.7 Å². The fraction of sp³-hybridized carbons (Fsp3) is 0.750. The highest BCUT2D eigenvalue weighted by Crippen LogP contribution is 2.30. The van der Waals surface area contributed by atoms with Crippen LogP contribution in [-0.4, -0.2) is 50.7 Å². The number of piperidine rings is 1. The molecule has 136 valence electrons. The van der Waals surface area contributed by atoms with E-state index in [9.17, 15) is 0 Å². The molecule has 4 rings (SSSR count). The van der Waals surface area contributed by atoms with E-state index in [1.54, 1.807) is 11.8 Å². The smallest absolute Gasteiger partial charge is 0.237 e. The molecule has 0 unspecified atom stereocenters. The number of hydrogen-bond acceptors (Lipinski definition) is 8. The molecule has 0 radical (unpaired) electrons. The Morgan fingerprint density at radius 1 is 1.24 bits per heavy atom. The Bertz CT molecular complexity index is 691. The zero-order valence-corrected chi connectivity index (χ0v) is 15.3. The minimum atomic E-state index is 0.265. The van der Waals surface area contributed by atoms with Gasteiger partial charge in [0.25, 0.3) is 0 Å². The number of hydrogen-bond donors (Lipinski definition) is 1. The van der Waals surface area contributed by atoms with Gasteiger partial charge in [0.15, 0.2) is 11.0 Å². The van der Waals surface area contributed by atoms with Crippen LogP contribution in [0.1, 0.15) is 49.1 Å². The first-order valence-electron chi connectivity index (χ1n) is 8.97. The number of aryl methyl sites for hydroxylation is 1. The Kier molecular flexibility index (Phi) is 5.33. The maximum absolute atomic E-state index is 5.85. The van der Waals surface area contributed by atoms with Gasteiger partial charge in [0.05, 0.1) is 18.4 Å². The van der Waals surface area contributed by atoms with Crippen LogP contribution in [0.15, 0.2) is 9.68 Å². The Morgan fingerprint density at radius 2 is 2.12 bits per heavy atom. The first-order valence-corrected chi connectivity index (χ1v) is 9.95. The van der Waals surface area contributed by atoms with Crippen LogP contribution in [0, 0.1) is 6.92 Å².